The third-order valence-corrected chi connectivity index (χ3v) is 4.30. The highest BCUT2D eigenvalue weighted by Crippen LogP contribution is 2.18. The number of benzene rings is 2. The number of aromatic nitrogens is 2. The third kappa shape index (κ3) is 4.66. The molecular formula is C21H20F2N4O2. The van der Waals surface area contributed by atoms with Gasteiger partial charge in [-0.1, -0.05) is 12.1 Å². The third-order valence-electron chi connectivity index (χ3n) is 4.30. The molecule has 1 amide bonds. The molecule has 2 aromatic carbocycles. The lowest BCUT2D eigenvalue weighted by Gasteiger charge is -2.13. The number of para-hydroxylation sites is 1. The molecule has 0 radical (unpaired) electrons. The summed E-state index contributed by atoms with van der Waals surface area (Å²) in [6.45, 7) is 5.15. The Morgan fingerprint density at radius 1 is 1.17 bits per heavy atom. The first-order valence-electron chi connectivity index (χ1n) is 8.93. The summed E-state index contributed by atoms with van der Waals surface area (Å²) in [6.07, 6.45) is 0.541. The second kappa shape index (κ2) is 8.64. The molecule has 0 spiro atoms. The van der Waals surface area contributed by atoms with E-state index in [-0.39, 0.29) is 11.6 Å². The summed E-state index contributed by atoms with van der Waals surface area (Å²) in [5.74, 6) is -1.40. The molecule has 29 heavy (non-hydrogen) atoms. The molecule has 6 nitrogen and oxygen atoms in total. The molecule has 0 saturated heterocycles. The van der Waals surface area contributed by atoms with E-state index >= 15 is 0 Å². The van der Waals surface area contributed by atoms with E-state index in [1.807, 2.05) is 6.92 Å². The van der Waals surface area contributed by atoms with Crippen molar-refractivity contribution in [3.63, 3.8) is 0 Å². The average molecular weight is 398 g/mol. The molecule has 1 aromatic heterocycles. The topological polar surface area (TPSA) is 68.5 Å². The summed E-state index contributed by atoms with van der Waals surface area (Å²) in [7, 11) is 0. The first kappa shape index (κ1) is 20.2. The summed E-state index contributed by atoms with van der Waals surface area (Å²) < 4.78 is 33.7. The first-order valence-corrected chi connectivity index (χ1v) is 8.93. The minimum atomic E-state index is -0.937. The number of halogens is 2. The van der Waals surface area contributed by atoms with Crippen LogP contribution in [-0.4, -0.2) is 28.0 Å². The van der Waals surface area contributed by atoms with Crippen molar-refractivity contribution in [2.24, 2.45) is 5.10 Å². The van der Waals surface area contributed by atoms with Gasteiger partial charge in [0.1, 0.15) is 5.82 Å². The lowest BCUT2D eigenvalue weighted by molar-refractivity contribution is -0.127. The van der Waals surface area contributed by atoms with Crippen molar-refractivity contribution < 1.29 is 18.3 Å². The maximum atomic E-state index is 13.6. The van der Waals surface area contributed by atoms with E-state index in [1.165, 1.54) is 43.5 Å². The van der Waals surface area contributed by atoms with Crippen LogP contribution in [-0.2, 0) is 4.79 Å². The fraction of sp³-hybridized carbons (Fsp3) is 0.190. The van der Waals surface area contributed by atoms with E-state index in [0.29, 0.717) is 11.4 Å². The van der Waals surface area contributed by atoms with Crippen LogP contribution in [0.4, 0.5) is 8.78 Å². The highest BCUT2D eigenvalue weighted by Gasteiger charge is 2.16. The van der Waals surface area contributed by atoms with Gasteiger partial charge in [-0.2, -0.15) is 10.2 Å². The molecule has 3 rings (SSSR count). The van der Waals surface area contributed by atoms with Crippen LogP contribution in [0.2, 0.25) is 0 Å². The summed E-state index contributed by atoms with van der Waals surface area (Å²) in [4.78, 5) is 12.1. The van der Waals surface area contributed by atoms with Gasteiger partial charge in [0, 0.05) is 5.56 Å². The number of nitrogens with one attached hydrogen (secondary N) is 1. The Morgan fingerprint density at radius 3 is 2.55 bits per heavy atom. The van der Waals surface area contributed by atoms with Crippen LogP contribution >= 0.6 is 0 Å². The summed E-state index contributed by atoms with van der Waals surface area (Å²) >= 11 is 0. The number of ether oxygens (including phenoxy) is 1. The van der Waals surface area contributed by atoms with Crippen molar-refractivity contribution in [1.82, 2.24) is 15.2 Å². The number of hydrogen-bond donors (Lipinski definition) is 1. The SMILES string of the molecule is Cc1nn(-c2ccc(F)cc2)c(C)c1/C=N\NC(=O)[C@H](C)Oc1ccccc1F. The molecule has 1 heterocycles. The lowest BCUT2D eigenvalue weighted by atomic mass is 10.2. The van der Waals surface area contributed by atoms with Gasteiger partial charge in [-0.15, -0.1) is 0 Å². The maximum absolute atomic E-state index is 13.6. The van der Waals surface area contributed by atoms with Crippen molar-refractivity contribution >= 4 is 12.1 Å². The average Bonchev–Trinajstić information content (AvgIpc) is 2.98. The second-order valence-corrected chi connectivity index (χ2v) is 6.40. The standard InChI is InChI=1S/C21H20F2N4O2/c1-13-18(14(2)27(26-13)17-10-8-16(22)9-11-17)12-24-25-21(28)15(3)29-20-7-5-4-6-19(20)23/h4-12,15H,1-3H3,(H,25,28)/b24-12-/t15-/m0/s1. The lowest BCUT2D eigenvalue weighted by Crippen LogP contribution is -2.33. The molecule has 0 fully saturated rings. The summed E-state index contributed by atoms with van der Waals surface area (Å²) in [5.41, 5.74) is 5.28. The minimum Gasteiger partial charge on any atom is -0.478 e. The second-order valence-electron chi connectivity index (χ2n) is 6.40. The van der Waals surface area contributed by atoms with Gasteiger partial charge in [-0.3, -0.25) is 4.79 Å². The fourth-order valence-corrected chi connectivity index (χ4v) is 2.71. The molecule has 0 bridgehead atoms. The van der Waals surface area contributed by atoms with Gasteiger partial charge in [0.25, 0.3) is 5.91 Å². The monoisotopic (exact) mass is 398 g/mol. The van der Waals surface area contributed by atoms with Crippen molar-refractivity contribution in [2.75, 3.05) is 0 Å². The first-order chi connectivity index (χ1) is 13.9. The highest BCUT2D eigenvalue weighted by molar-refractivity contribution is 5.86. The molecule has 0 saturated carbocycles. The summed E-state index contributed by atoms with van der Waals surface area (Å²) in [5, 5.41) is 8.39. The normalized spacial score (nSPS) is 12.2. The number of hydrogen-bond acceptors (Lipinski definition) is 4. The molecule has 0 aliphatic carbocycles. The van der Waals surface area contributed by atoms with Gasteiger partial charge >= 0.3 is 0 Å². The molecule has 0 unspecified atom stereocenters. The maximum Gasteiger partial charge on any atom is 0.280 e. The van der Waals surface area contributed by atoms with E-state index in [0.717, 1.165) is 11.3 Å². The molecular weight excluding hydrogens is 378 g/mol. The quantitative estimate of drug-likeness (QED) is 0.509. The number of carbonyl (C=O) groups is 1. The fourth-order valence-electron chi connectivity index (χ4n) is 2.71. The molecule has 3 aromatic rings. The van der Waals surface area contributed by atoms with Crippen molar-refractivity contribution in [3.8, 4) is 11.4 Å². The van der Waals surface area contributed by atoms with E-state index in [9.17, 15) is 13.6 Å². The van der Waals surface area contributed by atoms with Crippen molar-refractivity contribution in [2.45, 2.75) is 26.9 Å². The molecule has 1 atom stereocenters. The summed E-state index contributed by atoms with van der Waals surface area (Å²) in [6, 6.07) is 11.8. The van der Waals surface area contributed by atoms with Gasteiger partial charge < -0.3 is 4.74 Å². The van der Waals surface area contributed by atoms with E-state index < -0.39 is 17.8 Å². The van der Waals surface area contributed by atoms with Gasteiger partial charge in [-0.25, -0.2) is 18.9 Å². The van der Waals surface area contributed by atoms with Gasteiger partial charge in [0.2, 0.25) is 0 Å². The zero-order valence-corrected chi connectivity index (χ0v) is 16.2. The molecule has 150 valence electrons. The zero-order valence-electron chi connectivity index (χ0n) is 16.2. The van der Waals surface area contributed by atoms with Crippen LogP contribution in [0.1, 0.15) is 23.9 Å². The van der Waals surface area contributed by atoms with Crippen LogP contribution in [0.5, 0.6) is 5.75 Å². The predicted octanol–water partition coefficient (Wildman–Crippen LogP) is 3.68. The van der Waals surface area contributed by atoms with Crippen molar-refractivity contribution in [1.29, 1.82) is 0 Å². The van der Waals surface area contributed by atoms with Gasteiger partial charge in [0.15, 0.2) is 17.7 Å². The molecule has 1 N–H and O–H groups in total. The minimum absolute atomic E-state index is 0.00797. The van der Waals surface area contributed by atoms with Crippen molar-refractivity contribution in [3.05, 3.63) is 77.1 Å². The molecule has 0 aliphatic heterocycles. The van der Waals surface area contributed by atoms with Crippen LogP contribution in [0.3, 0.4) is 0 Å². The Bertz CT molecular complexity index is 1050. The zero-order chi connectivity index (χ0) is 21.0. The van der Waals surface area contributed by atoms with E-state index in [1.54, 1.807) is 29.8 Å². The Labute approximate surface area is 166 Å². The highest BCUT2D eigenvalue weighted by atomic mass is 19.1. The van der Waals surface area contributed by atoms with Gasteiger partial charge in [0.05, 0.1) is 23.3 Å². The van der Waals surface area contributed by atoms with Crippen LogP contribution in [0.25, 0.3) is 5.69 Å². The number of aryl methyl sites for hydroxylation is 1. The predicted molar refractivity (Wildman–Crippen MR) is 105 cm³/mol. The number of carbonyl (C=O) groups excluding carboxylic acids is 1. The van der Waals surface area contributed by atoms with E-state index in [4.69, 9.17) is 4.74 Å². The van der Waals surface area contributed by atoms with Crippen LogP contribution in [0.15, 0.2) is 53.6 Å². The Balaban J connectivity index is 1.68. The number of rotatable bonds is 6. The number of amides is 1. The Morgan fingerprint density at radius 2 is 1.86 bits per heavy atom. The molecule has 0 aliphatic rings. The Kier molecular flexibility index (Phi) is 6.01. The van der Waals surface area contributed by atoms with Gasteiger partial charge in [-0.05, 0) is 57.2 Å². The smallest absolute Gasteiger partial charge is 0.280 e. The number of nitrogens with zero attached hydrogens (tertiary/aromatic N) is 3. The van der Waals surface area contributed by atoms with E-state index in [2.05, 4.69) is 15.6 Å². The van der Waals surface area contributed by atoms with Crippen LogP contribution in [0, 0.1) is 25.5 Å². The van der Waals surface area contributed by atoms with Crippen LogP contribution < -0.4 is 10.2 Å². The number of hydrazone groups is 1. The molecule has 8 heteroatoms. The largest absolute Gasteiger partial charge is 0.478 e. The Hall–Kier alpha value is -3.55.